The quantitative estimate of drug-likeness (QED) is 0.0684. The number of piperidine rings is 2. The highest BCUT2D eigenvalue weighted by Crippen LogP contribution is 2.38. The number of carbonyl (C=O) groups is 4. The van der Waals surface area contributed by atoms with Crippen LogP contribution in [0, 0.1) is 5.82 Å². The Bertz CT molecular complexity index is 2160. The lowest BCUT2D eigenvalue weighted by molar-refractivity contribution is -0.137. The number of nitrogens with zero attached hydrogens (tertiary/aromatic N) is 5. The Hall–Kier alpha value is -4.70. The maximum Gasteiger partial charge on any atom is 0.255 e. The van der Waals surface area contributed by atoms with Crippen molar-refractivity contribution >= 4 is 64.4 Å². The van der Waals surface area contributed by atoms with Crippen LogP contribution in [0.15, 0.2) is 59.9 Å². The van der Waals surface area contributed by atoms with Gasteiger partial charge in [-0.15, -0.1) is 11.8 Å². The number of benzene rings is 2. The average Bonchev–Trinajstić information content (AvgIpc) is 3.81. The van der Waals surface area contributed by atoms with Crippen molar-refractivity contribution in [2.24, 2.45) is 0 Å². The number of nitrogens with two attached hydrogens (primary N) is 1. The van der Waals surface area contributed by atoms with Crippen LogP contribution in [0.1, 0.15) is 72.7 Å². The van der Waals surface area contributed by atoms with E-state index in [0.29, 0.717) is 61.9 Å². The first kappa shape index (κ1) is 39.5. The molecule has 0 radical (unpaired) electrons. The summed E-state index contributed by atoms with van der Waals surface area (Å²) in [5.74, 6) is -0.412. The van der Waals surface area contributed by atoms with E-state index in [-0.39, 0.29) is 52.5 Å². The first-order valence-corrected chi connectivity index (χ1v) is 20.1. The first-order valence-electron chi connectivity index (χ1n) is 18.3. The Kier molecular flexibility index (Phi) is 12.1. The van der Waals surface area contributed by atoms with Crippen LogP contribution in [0.3, 0.4) is 0 Å². The topological polar surface area (TPSA) is 162 Å². The maximum absolute atomic E-state index is 14.1. The molecule has 13 nitrogen and oxygen atoms in total. The SMILES string of the molecule is C[C@@H](Oc1cc(-c2cnn(C3CCN(C(=O)CCOCCSc4cccc5c4CN(C4CCC(=O)NC4=O)C5=O)CC3)c2)cnc1N)c1c(Cl)ccc(F)c1Cl. The Morgan fingerprint density at radius 1 is 1.09 bits per heavy atom. The van der Waals surface area contributed by atoms with Crippen LogP contribution in [-0.2, 0) is 25.7 Å². The number of carbonyl (C=O) groups excluding carboxylic acids is 4. The standard InChI is InChI=1S/C39H40Cl2FN7O6S/c1-22(35-28(40)5-6-29(42)36(35)41)55-31-17-23(18-44-37(31)43)24-19-45-49(20-24)25-9-12-47(13-10-25)34(51)11-14-54-15-16-56-32-4-2-3-26-27(32)21-48(39(26)53)30-7-8-33(50)46-38(30)52/h2-6,17-20,22,25,30H,7-16,21H2,1H3,(H2,43,44)(H,46,50,52)/t22-,30?/m1/s1. The summed E-state index contributed by atoms with van der Waals surface area (Å²) in [7, 11) is 0. The van der Waals surface area contributed by atoms with Gasteiger partial charge in [-0.25, -0.2) is 9.37 Å². The van der Waals surface area contributed by atoms with Crippen molar-refractivity contribution < 1.29 is 33.0 Å². The zero-order chi connectivity index (χ0) is 39.5. The van der Waals surface area contributed by atoms with E-state index in [1.165, 1.54) is 12.1 Å². The van der Waals surface area contributed by atoms with Crippen LogP contribution in [0.2, 0.25) is 10.0 Å². The Balaban J connectivity index is 0.842. The summed E-state index contributed by atoms with van der Waals surface area (Å²) >= 11 is 14.0. The number of nitrogen functional groups attached to an aromatic ring is 1. The number of pyridine rings is 1. The largest absolute Gasteiger partial charge is 0.482 e. The number of thioether (sulfide) groups is 1. The lowest BCUT2D eigenvalue weighted by atomic mass is 10.0. The zero-order valence-corrected chi connectivity index (χ0v) is 32.8. The third-order valence-corrected chi connectivity index (χ3v) is 12.1. The third-order valence-electron chi connectivity index (χ3n) is 10.3. The molecule has 0 aliphatic carbocycles. The second-order valence-corrected chi connectivity index (χ2v) is 15.8. The highest BCUT2D eigenvalue weighted by molar-refractivity contribution is 7.99. The number of anilines is 1. The summed E-state index contributed by atoms with van der Waals surface area (Å²) in [6, 6.07) is 9.38. The summed E-state index contributed by atoms with van der Waals surface area (Å²) < 4.78 is 27.9. The second-order valence-electron chi connectivity index (χ2n) is 13.8. The van der Waals surface area contributed by atoms with Crippen molar-refractivity contribution in [3.8, 4) is 16.9 Å². The van der Waals surface area contributed by atoms with Gasteiger partial charge in [-0.2, -0.15) is 5.10 Å². The van der Waals surface area contributed by atoms with E-state index in [1.807, 2.05) is 27.9 Å². The molecule has 2 fully saturated rings. The minimum absolute atomic E-state index is 0.0423. The molecule has 2 saturated heterocycles. The number of imide groups is 1. The van der Waals surface area contributed by atoms with Crippen LogP contribution in [-0.4, -0.2) is 86.3 Å². The first-order chi connectivity index (χ1) is 27.0. The molecular weight excluding hydrogens is 784 g/mol. The number of fused-ring (bicyclic) bond motifs is 1. The van der Waals surface area contributed by atoms with Gasteiger partial charge < -0.3 is 25.0 Å². The Labute approximate surface area is 337 Å². The van der Waals surface area contributed by atoms with Gasteiger partial charge in [0.1, 0.15) is 18.0 Å². The predicted octanol–water partition coefficient (Wildman–Crippen LogP) is 6.24. The molecule has 294 valence electrons. The van der Waals surface area contributed by atoms with Gasteiger partial charge in [0.05, 0.1) is 36.9 Å². The van der Waals surface area contributed by atoms with Crippen LogP contribution in [0.4, 0.5) is 10.2 Å². The molecule has 4 amide bonds. The lowest BCUT2D eigenvalue weighted by Crippen LogP contribution is -2.52. The molecule has 3 aliphatic rings. The van der Waals surface area contributed by atoms with Gasteiger partial charge in [-0.3, -0.25) is 29.2 Å². The highest BCUT2D eigenvalue weighted by Gasteiger charge is 2.40. The van der Waals surface area contributed by atoms with Gasteiger partial charge in [-0.05, 0) is 62.1 Å². The number of ether oxygens (including phenoxy) is 2. The molecule has 17 heteroatoms. The lowest BCUT2D eigenvalue weighted by Gasteiger charge is -2.32. The maximum atomic E-state index is 14.1. The Morgan fingerprint density at radius 2 is 1.89 bits per heavy atom. The Morgan fingerprint density at radius 3 is 2.68 bits per heavy atom. The molecule has 5 heterocycles. The molecule has 0 bridgehead atoms. The summed E-state index contributed by atoms with van der Waals surface area (Å²) in [4.78, 5) is 58.7. The third kappa shape index (κ3) is 8.50. The predicted molar refractivity (Wildman–Crippen MR) is 209 cm³/mol. The molecule has 2 aromatic heterocycles. The number of amides is 4. The number of hydrogen-bond acceptors (Lipinski definition) is 10. The summed E-state index contributed by atoms with van der Waals surface area (Å²) in [5.41, 5.74) is 9.43. The summed E-state index contributed by atoms with van der Waals surface area (Å²) in [6.45, 7) is 3.96. The van der Waals surface area contributed by atoms with E-state index in [9.17, 15) is 23.6 Å². The van der Waals surface area contributed by atoms with Gasteiger partial charge in [0.25, 0.3) is 5.91 Å². The molecule has 56 heavy (non-hydrogen) atoms. The monoisotopic (exact) mass is 823 g/mol. The van der Waals surface area contributed by atoms with Gasteiger partial charge >= 0.3 is 0 Å². The van der Waals surface area contributed by atoms with Gasteiger partial charge in [-0.1, -0.05) is 29.3 Å². The number of aromatic nitrogens is 3. The van der Waals surface area contributed by atoms with Gasteiger partial charge in [0.15, 0.2) is 11.6 Å². The average molecular weight is 825 g/mol. The fraction of sp³-hybridized carbons (Fsp3) is 0.385. The van der Waals surface area contributed by atoms with Crippen molar-refractivity contribution in [2.45, 2.75) is 68.7 Å². The molecule has 4 aromatic rings. The molecule has 7 rings (SSSR count). The molecule has 3 aliphatic heterocycles. The number of likely N-dealkylation sites (tertiary alicyclic amines) is 1. The molecule has 1 unspecified atom stereocenters. The molecule has 0 saturated carbocycles. The van der Waals surface area contributed by atoms with E-state index in [4.69, 9.17) is 38.4 Å². The summed E-state index contributed by atoms with van der Waals surface area (Å²) in [5, 5.41) is 7.10. The van der Waals surface area contributed by atoms with Crippen LogP contribution in [0.5, 0.6) is 5.75 Å². The number of halogens is 3. The van der Waals surface area contributed by atoms with Crippen LogP contribution < -0.4 is 15.8 Å². The highest BCUT2D eigenvalue weighted by atomic mass is 35.5. The minimum atomic E-state index is -0.705. The van der Waals surface area contributed by atoms with Gasteiger partial charge in [0, 0.05) is 76.4 Å². The molecule has 0 spiro atoms. The number of rotatable bonds is 13. The van der Waals surface area contributed by atoms with Crippen molar-refractivity contribution in [1.82, 2.24) is 29.9 Å². The number of hydrogen-bond donors (Lipinski definition) is 2. The van der Waals surface area contributed by atoms with Crippen molar-refractivity contribution in [3.63, 3.8) is 0 Å². The zero-order valence-electron chi connectivity index (χ0n) is 30.5. The van der Waals surface area contributed by atoms with Crippen molar-refractivity contribution in [3.05, 3.63) is 87.5 Å². The van der Waals surface area contributed by atoms with E-state index in [0.717, 1.165) is 34.4 Å². The fourth-order valence-electron chi connectivity index (χ4n) is 7.26. The minimum Gasteiger partial charge on any atom is -0.482 e. The van der Waals surface area contributed by atoms with E-state index < -0.39 is 23.9 Å². The molecule has 3 N–H and O–H groups in total. The van der Waals surface area contributed by atoms with E-state index in [2.05, 4.69) is 15.4 Å². The van der Waals surface area contributed by atoms with Crippen LogP contribution >= 0.6 is 35.0 Å². The van der Waals surface area contributed by atoms with Crippen molar-refractivity contribution in [1.29, 1.82) is 0 Å². The van der Waals surface area contributed by atoms with Crippen LogP contribution in [0.25, 0.3) is 11.1 Å². The number of nitrogens with one attached hydrogen (secondary N) is 1. The molecule has 2 atom stereocenters. The molecular formula is C39H40Cl2FN7O6S. The van der Waals surface area contributed by atoms with Gasteiger partial charge in [0.2, 0.25) is 17.7 Å². The van der Waals surface area contributed by atoms with E-state index in [1.54, 1.807) is 48.1 Å². The fourth-order valence-corrected chi connectivity index (χ4v) is 8.88. The van der Waals surface area contributed by atoms with Crippen molar-refractivity contribution in [2.75, 3.05) is 37.8 Å². The normalized spacial score (nSPS) is 17.9. The van der Waals surface area contributed by atoms with E-state index >= 15 is 0 Å². The summed E-state index contributed by atoms with van der Waals surface area (Å²) in [6.07, 6.45) is 6.91. The second kappa shape index (κ2) is 17.2. The molecule has 2 aromatic carbocycles. The smallest absolute Gasteiger partial charge is 0.255 e.